The zero-order valence-electron chi connectivity index (χ0n) is 9.77. The van der Waals surface area contributed by atoms with Gasteiger partial charge in [0, 0.05) is 6.61 Å². The number of nitrogen functional groups attached to an aromatic ring is 1. The predicted molar refractivity (Wildman–Crippen MR) is 73.2 cm³/mol. The fraction of sp³-hybridized carbons (Fsp3) is 0.143. The molecule has 2 aromatic rings. The molecule has 3 nitrogen and oxygen atoms in total. The van der Waals surface area contributed by atoms with Crippen molar-refractivity contribution in [1.82, 2.24) is 0 Å². The number of para-hydroxylation sites is 2. The molecule has 3 N–H and O–H groups in total. The zero-order chi connectivity index (χ0) is 13.0. The number of benzene rings is 2. The highest BCUT2D eigenvalue weighted by Gasteiger charge is 2.08. The molecule has 0 saturated heterocycles. The zero-order valence-corrected chi connectivity index (χ0v) is 10.5. The van der Waals surface area contributed by atoms with E-state index in [0.717, 1.165) is 5.56 Å². The van der Waals surface area contributed by atoms with Gasteiger partial charge in [-0.2, -0.15) is 0 Å². The average Bonchev–Trinajstić information content (AvgIpc) is 2.37. The van der Waals surface area contributed by atoms with Gasteiger partial charge in [0.15, 0.2) is 5.75 Å². The smallest absolute Gasteiger partial charge is 0.151 e. The monoisotopic (exact) mass is 263 g/mol. The van der Waals surface area contributed by atoms with Crippen molar-refractivity contribution < 1.29 is 9.84 Å². The van der Waals surface area contributed by atoms with E-state index >= 15 is 0 Å². The van der Waals surface area contributed by atoms with E-state index in [1.807, 2.05) is 24.3 Å². The highest BCUT2D eigenvalue weighted by atomic mass is 35.5. The molecule has 0 aliphatic heterocycles. The van der Waals surface area contributed by atoms with Gasteiger partial charge in [-0.25, -0.2) is 0 Å². The van der Waals surface area contributed by atoms with Gasteiger partial charge in [-0.05, 0) is 30.2 Å². The van der Waals surface area contributed by atoms with E-state index < -0.39 is 0 Å². The number of rotatable bonds is 4. The molecular weight excluding hydrogens is 250 g/mol. The molecular formula is C14H14ClNO2. The van der Waals surface area contributed by atoms with Crippen molar-refractivity contribution in [3.8, 4) is 11.5 Å². The van der Waals surface area contributed by atoms with Crippen LogP contribution in [-0.4, -0.2) is 11.7 Å². The summed E-state index contributed by atoms with van der Waals surface area (Å²) in [6.45, 7) is 0.0748. The van der Waals surface area contributed by atoms with E-state index in [0.29, 0.717) is 28.6 Å². The Morgan fingerprint density at radius 2 is 1.78 bits per heavy atom. The number of aliphatic hydroxyl groups is 1. The SMILES string of the molecule is Nc1c(Cl)cccc1Oc1ccccc1CCO. The van der Waals surface area contributed by atoms with Crippen LogP contribution < -0.4 is 10.5 Å². The van der Waals surface area contributed by atoms with Crippen molar-refractivity contribution in [3.63, 3.8) is 0 Å². The summed E-state index contributed by atoms with van der Waals surface area (Å²) in [7, 11) is 0. The van der Waals surface area contributed by atoms with Crippen LogP contribution in [0.5, 0.6) is 11.5 Å². The summed E-state index contributed by atoms with van der Waals surface area (Å²) in [5.41, 5.74) is 7.19. The lowest BCUT2D eigenvalue weighted by Crippen LogP contribution is -1.97. The Morgan fingerprint density at radius 3 is 2.56 bits per heavy atom. The first-order valence-electron chi connectivity index (χ1n) is 5.63. The van der Waals surface area contributed by atoms with Crippen LogP contribution in [0.3, 0.4) is 0 Å². The van der Waals surface area contributed by atoms with E-state index in [9.17, 15) is 0 Å². The fourth-order valence-electron chi connectivity index (χ4n) is 1.66. The summed E-state index contributed by atoms with van der Waals surface area (Å²) < 4.78 is 5.75. The van der Waals surface area contributed by atoms with Crippen LogP contribution in [0.15, 0.2) is 42.5 Å². The Morgan fingerprint density at radius 1 is 1.06 bits per heavy atom. The van der Waals surface area contributed by atoms with Gasteiger partial charge in [-0.3, -0.25) is 0 Å². The second kappa shape index (κ2) is 5.76. The number of hydrogen-bond donors (Lipinski definition) is 2. The van der Waals surface area contributed by atoms with Gasteiger partial charge in [0.05, 0.1) is 10.7 Å². The van der Waals surface area contributed by atoms with Crippen LogP contribution in [0, 0.1) is 0 Å². The Balaban J connectivity index is 2.31. The van der Waals surface area contributed by atoms with E-state index in [1.54, 1.807) is 18.2 Å². The van der Waals surface area contributed by atoms with Crippen LogP contribution in [0.25, 0.3) is 0 Å². The van der Waals surface area contributed by atoms with Crippen molar-refractivity contribution in [3.05, 3.63) is 53.1 Å². The average molecular weight is 264 g/mol. The summed E-state index contributed by atoms with van der Waals surface area (Å²) in [5.74, 6) is 1.20. The van der Waals surface area contributed by atoms with Crippen molar-refractivity contribution in [2.75, 3.05) is 12.3 Å². The van der Waals surface area contributed by atoms with Crippen LogP contribution in [-0.2, 0) is 6.42 Å². The van der Waals surface area contributed by atoms with Gasteiger partial charge < -0.3 is 15.6 Å². The second-order valence-electron chi connectivity index (χ2n) is 3.84. The highest BCUT2D eigenvalue weighted by Crippen LogP contribution is 2.33. The molecule has 0 aliphatic rings. The predicted octanol–water partition coefficient (Wildman–Crippen LogP) is 3.25. The van der Waals surface area contributed by atoms with Gasteiger partial charge in [0.1, 0.15) is 5.75 Å². The van der Waals surface area contributed by atoms with Crippen molar-refractivity contribution in [2.24, 2.45) is 0 Å². The summed E-state index contributed by atoms with van der Waals surface area (Å²) >= 11 is 5.94. The molecule has 2 aromatic carbocycles. The molecule has 94 valence electrons. The van der Waals surface area contributed by atoms with Crippen LogP contribution in [0.1, 0.15) is 5.56 Å². The van der Waals surface area contributed by atoms with E-state index in [1.165, 1.54) is 0 Å². The second-order valence-corrected chi connectivity index (χ2v) is 4.24. The maximum Gasteiger partial charge on any atom is 0.151 e. The molecule has 0 radical (unpaired) electrons. The first kappa shape index (κ1) is 12.7. The minimum absolute atomic E-state index is 0.0748. The number of nitrogens with two attached hydrogens (primary N) is 1. The van der Waals surface area contributed by atoms with Gasteiger partial charge in [-0.15, -0.1) is 0 Å². The van der Waals surface area contributed by atoms with Gasteiger partial charge in [0.25, 0.3) is 0 Å². The van der Waals surface area contributed by atoms with E-state index in [4.69, 9.17) is 27.2 Å². The minimum Gasteiger partial charge on any atom is -0.455 e. The fourth-order valence-corrected chi connectivity index (χ4v) is 1.82. The van der Waals surface area contributed by atoms with Crippen LogP contribution in [0.4, 0.5) is 5.69 Å². The molecule has 2 rings (SSSR count). The van der Waals surface area contributed by atoms with E-state index in [-0.39, 0.29) is 6.61 Å². The highest BCUT2D eigenvalue weighted by molar-refractivity contribution is 6.33. The quantitative estimate of drug-likeness (QED) is 0.833. The van der Waals surface area contributed by atoms with Crippen LogP contribution in [0.2, 0.25) is 5.02 Å². The molecule has 0 heterocycles. The normalized spacial score (nSPS) is 10.3. The number of ether oxygens (including phenoxy) is 1. The minimum atomic E-state index is 0.0748. The number of halogens is 1. The first-order chi connectivity index (χ1) is 8.72. The maximum atomic E-state index is 9.01. The Kier molecular flexibility index (Phi) is 4.07. The summed E-state index contributed by atoms with van der Waals surface area (Å²) in [4.78, 5) is 0. The third-order valence-electron chi connectivity index (χ3n) is 2.59. The molecule has 0 atom stereocenters. The van der Waals surface area contributed by atoms with Gasteiger partial charge in [0.2, 0.25) is 0 Å². The number of hydrogen-bond acceptors (Lipinski definition) is 3. The Hall–Kier alpha value is -1.71. The van der Waals surface area contributed by atoms with Crippen LogP contribution >= 0.6 is 11.6 Å². The molecule has 0 aliphatic carbocycles. The summed E-state index contributed by atoms with van der Waals surface area (Å²) in [5, 5.41) is 9.47. The topological polar surface area (TPSA) is 55.5 Å². The molecule has 0 unspecified atom stereocenters. The van der Waals surface area contributed by atoms with Gasteiger partial charge in [-0.1, -0.05) is 35.9 Å². The third-order valence-corrected chi connectivity index (χ3v) is 2.92. The van der Waals surface area contributed by atoms with Crippen molar-refractivity contribution in [1.29, 1.82) is 0 Å². The maximum absolute atomic E-state index is 9.01. The van der Waals surface area contributed by atoms with E-state index in [2.05, 4.69) is 0 Å². The Labute approximate surface area is 111 Å². The van der Waals surface area contributed by atoms with Gasteiger partial charge >= 0.3 is 0 Å². The lowest BCUT2D eigenvalue weighted by Gasteiger charge is -2.12. The largest absolute Gasteiger partial charge is 0.455 e. The molecule has 0 saturated carbocycles. The third kappa shape index (κ3) is 2.75. The standard InChI is InChI=1S/C14H14ClNO2/c15-11-5-3-7-13(14(11)16)18-12-6-2-1-4-10(12)8-9-17/h1-7,17H,8-9,16H2. The molecule has 0 fully saturated rings. The van der Waals surface area contributed by atoms with Crippen molar-refractivity contribution >= 4 is 17.3 Å². The number of anilines is 1. The lowest BCUT2D eigenvalue weighted by atomic mass is 10.1. The summed E-state index contributed by atoms with van der Waals surface area (Å²) in [6.07, 6.45) is 0.538. The molecule has 4 heteroatoms. The molecule has 0 amide bonds. The van der Waals surface area contributed by atoms with Crippen molar-refractivity contribution in [2.45, 2.75) is 6.42 Å². The molecule has 18 heavy (non-hydrogen) atoms. The molecule has 0 spiro atoms. The Bertz CT molecular complexity index is 543. The first-order valence-corrected chi connectivity index (χ1v) is 6.01. The molecule has 0 bridgehead atoms. The molecule has 0 aromatic heterocycles. The lowest BCUT2D eigenvalue weighted by molar-refractivity contribution is 0.298. The number of aliphatic hydroxyl groups excluding tert-OH is 1. The summed E-state index contributed by atoms with van der Waals surface area (Å²) in [6, 6.07) is 12.8.